The summed E-state index contributed by atoms with van der Waals surface area (Å²) in [5, 5.41) is 12.4. The van der Waals surface area contributed by atoms with Gasteiger partial charge in [-0.3, -0.25) is 9.59 Å². The first-order chi connectivity index (χ1) is 15.7. The summed E-state index contributed by atoms with van der Waals surface area (Å²) >= 11 is 0. The van der Waals surface area contributed by atoms with Crippen LogP contribution in [0.4, 0.5) is 4.79 Å². The third-order valence-electron chi connectivity index (χ3n) is 7.72. The summed E-state index contributed by atoms with van der Waals surface area (Å²) in [6.45, 7) is 4.22. The maximum absolute atomic E-state index is 13.2. The number of hydrogen-bond acceptors (Lipinski definition) is 4. The third-order valence-corrected chi connectivity index (χ3v) is 7.72. The lowest BCUT2D eigenvalue weighted by Gasteiger charge is -2.25. The molecule has 3 aliphatic rings. The predicted octanol–water partition coefficient (Wildman–Crippen LogP) is 3.63. The lowest BCUT2D eigenvalue weighted by Crippen LogP contribution is -2.51. The molecule has 0 bridgehead atoms. The van der Waals surface area contributed by atoms with Crippen LogP contribution < -0.4 is 5.32 Å². The zero-order chi connectivity index (χ0) is 23.4. The molecular weight excluding hydrogens is 420 g/mol. The molecule has 2 atom stereocenters. The van der Waals surface area contributed by atoms with Gasteiger partial charge in [-0.2, -0.15) is 0 Å². The number of fused-ring (bicyclic) bond motifs is 3. The molecule has 1 heterocycles. The standard InChI is InChI=1S/C26H28N2O5/c1-16-13-28(15-25(16,2)23(30)31)22(29)26(11-12-26)27-24(32)33-14-21-19-9-5-3-7-17(19)18-8-4-6-10-20(18)21/h3-10,16,21H,11-15H2,1-2H3,(H,27,32)(H,30,31)/t16-,25-/m0/s1. The number of hydrogen-bond donors (Lipinski definition) is 2. The number of carbonyl (C=O) groups is 3. The van der Waals surface area contributed by atoms with Gasteiger partial charge in [0.15, 0.2) is 0 Å². The second-order valence-corrected chi connectivity index (χ2v) is 9.84. The Bertz CT molecular complexity index is 1100. The number of nitrogens with one attached hydrogen (secondary N) is 1. The lowest BCUT2D eigenvalue weighted by atomic mass is 9.81. The molecule has 2 aliphatic carbocycles. The first-order valence-electron chi connectivity index (χ1n) is 11.4. The van der Waals surface area contributed by atoms with Crippen LogP contribution in [0.5, 0.6) is 0 Å². The fourth-order valence-corrected chi connectivity index (χ4v) is 5.23. The van der Waals surface area contributed by atoms with Crippen LogP contribution in [0.3, 0.4) is 0 Å². The normalized spacial score (nSPS) is 24.7. The molecule has 1 saturated heterocycles. The van der Waals surface area contributed by atoms with Gasteiger partial charge in [0.2, 0.25) is 5.91 Å². The van der Waals surface area contributed by atoms with Crippen molar-refractivity contribution in [2.24, 2.45) is 11.3 Å². The van der Waals surface area contributed by atoms with Crippen molar-refractivity contribution in [3.63, 3.8) is 0 Å². The summed E-state index contributed by atoms with van der Waals surface area (Å²) in [4.78, 5) is 39.2. The zero-order valence-electron chi connectivity index (χ0n) is 18.8. The maximum atomic E-state index is 13.2. The van der Waals surface area contributed by atoms with E-state index in [1.54, 1.807) is 11.8 Å². The second kappa shape index (κ2) is 7.61. The highest BCUT2D eigenvalue weighted by molar-refractivity contribution is 5.93. The minimum atomic E-state index is -0.980. The average molecular weight is 449 g/mol. The van der Waals surface area contributed by atoms with E-state index >= 15 is 0 Å². The highest BCUT2D eigenvalue weighted by Gasteiger charge is 2.57. The van der Waals surface area contributed by atoms with Crippen molar-refractivity contribution < 1.29 is 24.2 Å². The lowest BCUT2D eigenvalue weighted by molar-refractivity contribution is -0.149. The van der Waals surface area contributed by atoms with Crippen molar-refractivity contribution in [2.45, 2.75) is 38.1 Å². The van der Waals surface area contributed by atoms with E-state index in [1.807, 2.05) is 31.2 Å². The van der Waals surface area contributed by atoms with Gasteiger partial charge < -0.3 is 20.1 Å². The van der Waals surface area contributed by atoms with Crippen LogP contribution in [-0.2, 0) is 14.3 Å². The van der Waals surface area contributed by atoms with Gasteiger partial charge >= 0.3 is 12.1 Å². The highest BCUT2D eigenvalue weighted by atomic mass is 16.5. The molecule has 0 spiro atoms. The number of alkyl carbamates (subject to hydrolysis) is 1. The molecule has 172 valence electrons. The molecule has 2 fully saturated rings. The minimum absolute atomic E-state index is 0.0512. The van der Waals surface area contributed by atoms with Crippen molar-refractivity contribution in [1.82, 2.24) is 10.2 Å². The van der Waals surface area contributed by atoms with Crippen molar-refractivity contribution in [2.75, 3.05) is 19.7 Å². The summed E-state index contributed by atoms with van der Waals surface area (Å²) in [6, 6.07) is 16.2. The van der Waals surface area contributed by atoms with Crippen molar-refractivity contribution in [1.29, 1.82) is 0 Å². The van der Waals surface area contributed by atoms with Crippen LogP contribution in [0.25, 0.3) is 11.1 Å². The monoisotopic (exact) mass is 448 g/mol. The largest absolute Gasteiger partial charge is 0.481 e. The molecule has 7 nitrogen and oxygen atoms in total. The van der Waals surface area contributed by atoms with Gasteiger partial charge in [0.25, 0.3) is 0 Å². The van der Waals surface area contributed by atoms with Gasteiger partial charge in [-0.25, -0.2) is 4.79 Å². The minimum Gasteiger partial charge on any atom is -0.481 e. The topological polar surface area (TPSA) is 95.9 Å². The first kappa shape index (κ1) is 21.5. The van der Waals surface area contributed by atoms with Crippen LogP contribution >= 0.6 is 0 Å². The first-order valence-corrected chi connectivity index (χ1v) is 11.4. The number of amides is 2. The number of likely N-dealkylation sites (tertiary alicyclic amines) is 1. The van der Waals surface area contributed by atoms with E-state index in [-0.39, 0.29) is 30.9 Å². The Morgan fingerprint density at radius 1 is 1.06 bits per heavy atom. The average Bonchev–Trinajstić information content (AvgIpc) is 3.41. The smallest absolute Gasteiger partial charge is 0.408 e. The van der Waals surface area contributed by atoms with E-state index in [0.717, 1.165) is 22.3 Å². The highest BCUT2D eigenvalue weighted by Crippen LogP contribution is 2.45. The van der Waals surface area contributed by atoms with Crippen LogP contribution in [0, 0.1) is 11.3 Å². The van der Waals surface area contributed by atoms with Crippen LogP contribution in [0.2, 0.25) is 0 Å². The number of carbonyl (C=O) groups excluding carboxylic acids is 2. The molecule has 1 aliphatic heterocycles. The van der Waals surface area contributed by atoms with E-state index in [9.17, 15) is 19.5 Å². The molecule has 0 radical (unpaired) electrons. The Morgan fingerprint density at radius 2 is 1.64 bits per heavy atom. The van der Waals surface area contributed by atoms with Gasteiger partial charge in [0.05, 0.1) is 5.41 Å². The van der Waals surface area contributed by atoms with Gasteiger partial charge in [-0.05, 0) is 47.9 Å². The Morgan fingerprint density at radius 3 is 2.15 bits per heavy atom. The fraction of sp³-hybridized carbons (Fsp3) is 0.423. The van der Waals surface area contributed by atoms with Crippen molar-refractivity contribution in [3.8, 4) is 11.1 Å². The number of carboxylic acid groups (broad SMARTS) is 1. The Kier molecular flexibility index (Phi) is 4.96. The Labute approximate surface area is 192 Å². The van der Waals surface area contributed by atoms with Gasteiger partial charge in [-0.15, -0.1) is 0 Å². The van der Waals surface area contributed by atoms with E-state index < -0.39 is 23.0 Å². The Balaban J connectivity index is 1.24. The summed E-state index contributed by atoms with van der Waals surface area (Å²) in [5.41, 5.74) is 2.60. The third kappa shape index (κ3) is 3.46. The fourth-order valence-electron chi connectivity index (χ4n) is 5.23. The second-order valence-electron chi connectivity index (χ2n) is 9.84. The molecule has 2 N–H and O–H groups in total. The predicted molar refractivity (Wildman–Crippen MR) is 122 cm³/mol. The number of ether oxygens (including phenoxy) is 1. The molecule has 2 amide bonds. The quantitative estimate of drug-likeness (QED) is 0.728. The summed E-state index contributed by atoms with van der Waals surface area (Å²) in [5.74, 6) is -1.33. The van der Waals surface area contributed by atoms with Crippen molar-refractivity contribution >= 4 is 18.0 Å². The number of carboxylic acids is 1. The van der Waals surface area contributed by atoms with Crippen LogP contribution in [0.15, 0.2) is 48.5 Å². The van der Waals surface area contributed by atoms with Gasteiger partial charge in [-0.1, -0.05) is 55.5 Å². The molecule has 0 aromatic heterocycles. The summed E-state index contributed by atoms with van der Waals surface area (Å²) in [7, 11) is 0. The molecular formula is C26H28N2O5. The van der Waals surface area contributed by atoms with E-state index in [0.29, 0.717) is 19.4 Å². The molecule has 7 heteroatoms. The zero-order valence-corrected chi connectivity index (χ0v) is 18.8. The number of nitrogens with zero attached hydrogens (tertiary/aromatic N) is 1. The Hall–Kier alpha value is -3.35. The number of rotatable bonds is 5. The van der Waals surface area contributed by atoms with Crippen molar-refractivity contribution in [3.05, 3.63) is 59.7 Å². The molecule has 1 saturated carbocycles. The summed E-state index contributed by atoms with van der Waals surface area (Å²) in [6.07, 6.45) is 0.450. The van der Waals surface area contributed by atoms with Crippen LogP contribution in [0.1, 0.15) is 43.7 Å². The molecule has 33 heavy (non-hydrogen) atoms. The molecule has 0 unspecified atom stereocenters. The molecule has 5 rings (SSSR count). The summed E-state index contributed by atoms with van der Waals surface area (Å²) < 4.78 is 5.61. The SMILES string of the molecule is C[C@H]1CN(C(=O)C2(NC(=O)OCC3c4ccccc4-c4ccccc43)CC2)C[C@]1(C)C(=O)O. The van der Waals surface area contributed by atoms with Gasteiger partial charge in [0, 0.05) is 19.0 Å². The number of aliphatic carboxylic acids is 1. The van der Waals surface area contributed by atoms with Gasteiger partial charge in [0.1, 0.15) is 12.1 Å². The van der Waals surface area contributed by atoms with Crippen LogP contribution in [-0.4, -0.2) is 53.2 Å². The van der Waals surface area contributed by atoms with E-state index in [1.165, 1.54) is 0 Å². The van der Waals surface area contributed by atoms with E-state index in [4.69, 9.17) is 4.74 Å². The number of benzene rings is 2. The molecule has 2 aromatic carbocycles. The maximum Gasteiger partial charge on any atom is 0.408 e. The van der Waals surface area contributed by atoms with E-state index in [2.05, 4.69) is 29.6 Å². The molecule has 2 aromatic rings.